The van der Waals surface area contributed by atoms with E-state index in [1.807, 2.05) is 50.2 Å². The number of ether oxygens (including phenoxy) is 2. The predicted molar refractivity (Wildman–Crippen MR) is 165 cm³/mol. The van der Waals surface area contributed by atoms with Gasteiger partial charge in [-0.25, -0.2) is 19.2 Å². The molecule has 44 heavy (non-hydrogen) atoms. The molecule has 0 amide bonds. The maximum absolute atomic E-state index is 10.4. The lowest BCUT2D eigenvalue weighted by atomic mass is 9.97. The second-order valence-electron chi connectivity index (χ2n) is 9.40. The lowest BCUT2D eigenvalue weighted by Crippen LogP contribution is -1.94. The molecule has 0 aliphatic rings. The maximum atomic E-state index is 10.4. The van der Waals surface area contributed by atoms with E-state index in [4.69, 9.17) is 9.47 Å². The largest absolute Gasteiger partial charge is 0.494 e. The highest BCUT2D eigenvalue weighted by molar-refractivity contribution is 5.61. The SMILES string of the molecule is COc1cc(Cc2ccc(N=C=O)c(OC)c2)ccc1N=C=O.Cc1cc(N=C=O)ccc1Cc1ccc(N=C=O)cc1C. The molecular weight excluding hydrogens is 560 g/mol. The number of rotatable bonds is 10. The highest BCUT2D eigenvalue weighted by Crippen LogP contribution is 2.32. The molecule has 0 atom stereocenters. The van der Waals surface area contributed by atoms with Crippen molar-refractivity contribution in [2.75, 3.05) is 14.2 Å². The molecule has 4 rings (SSSR count). The fraction of sp³-hybridized carbons (Fsp3) is 0.176. The van der Waals surface area contributed by atoms with E-state index in [-0.39, 0.29) is 0 Å². The van der Waals surface area contributed by atoms with Crippen LogP contribution < -0.4 is 9.47 Å². The minimum absolute atomic E-state index is 0.430. The number of aryl methyl sites for hydroxylation is 2. The van der Waals surface area contributed by atoms with Crippen LogP contribution >= 0.6 is 0 Å². The Morgan fingerprint density at radius 2 is 0.932 bits per heavy atom. The molecule has 0 aliphatic carbocycles. The maximum Gasteiger partial charge on any atom is 0.240 e. The molecule has 0 radical (unpaired) electrons. The number of benzene rings is 4. The van der Waals surface area contributed by atoms with Crippen LogP contribution in [0.4, 0.5) is 22.7 Å². The molecule has 0 aromatic heterocycles. The Kier molecular flexibility index (Phi) is 12.2. The first-order valence-corrected chi connectivity index (χ1v) is 13.2. The zero-order valence-corrected chi connectivity index (χ0v) is 24.6. The van der Waals surface area contributed by atoms with E-state index in [2.05, 4.69) is 20.0 Å². The molecule has 0 fully saturated rings. The smallest absolute Gasteiger partial charge is 0.240 e. The Bertz CT molecular complexity index is 1710. The second-order valence-corrected chi connectivity index (χ2v) is 9.40. The summed E-state index contributed by atoms with van der Waals surface area (Å²) in [6, 6.07) is 21.9. The normalized spacial score (nSPS) is 9.55. The number of carbonyl (C=O) groups excluding carboxylic acids is 4. The summed E-state index contributed by atoms with van der Waals surface area (Å²) >= 11 is 0. The molecule has 0 unspecified atom stereocenters. The van der Waals surface area contributed by atoms with Crippen molar-refractivity contribution in [1.29, 1.82) is 0 Å². The third-order valence-corrected chi connectivity index (χ3v) is 6.61. The Labute approximate surface area is 254 Å². The molecule has 0 aliphatic heterocycles. The number of aliphatic imine (C=N–C) groups is 4. The fourth-order valence-electron chi connectivity index (χ4n) is 4.39. The summed E-state index contributed by atoms with van der Waals surface area (Å²) in [5, 5.41) is 0. The van der Waals surface area contributed by atoms with Crippen molar-refractivity contribution in [3.63, 3.8) is 0 Å². The van der Waals surface area contributed by atoms with Gasteiger partial charge in [0.1, 0.15) is 22.9 Å². The van der Waals surface area contributed by atoms with Gasteiger partial charge in [-0.3, -0.25) is 0 Å². The molecule has 10 heteroatoms. The van der Waals surface area contributed by atoms with Crippen LogP contribution in [0.5, 0.6) is 11.5 Å². The third-order valence-electron chi connectivity index (χ3n) is 6.61. The van der Waals surface area contributed by atoms with Crippen LogP contribution in [0.15, 0.2) is 92.8 Å². The van der Waals surface area contributed by atoms with E-state index >= 15 is 0 Å². The first kappa shape index (κ1) is 32.5. The van der Waals surface area contributed by atoms with E-state index in [1.54, 1.807) is 48.6 Å². The Morgan fingerprint density at radius 3 is 1.27 bits per heavy atom. The summed E-state index contributed by atoms with van der Waals surface area (Å²) in [6.07, 6.45) is 7.46. The van der Waals surface area contributed by atoms with Crippen LogP contribution in [0, 0.1) is 13.8 Å². The molecule has 0 heterocycles. The summed E-state index contributed by atoms with van der Waals surface area (Å²) in [5.74, 6) is 1.000. The molecule has 220 valence electrons. The van der Waals surface area contributed by atoms with Gasteiger partial charge in [-0.1, -0.05) is 24.3 Å². The predicted octanol–water partition coefficient (Wildman–Crippen LogP) is 7.06. The summed E-state index contributed by atoms with van der Waals surface area (Å²) in [7, 11) is 3.02. The van der Waals surface area contributed by atoms with Crippen LogP contribution in [0.3, 0.4) is 0 Å². The molecule has 0 saturated carbocycles. The van der Waals surface area contributed by atoms with Gasteiger partial charge in [-0.15, -0.1) is 0 Å². The van der Waals surface area contributed by atoms with Gasteiger partial charge in [0, 0.05) is 0 Å². The quantitative estimate of drug-likeness (QED) is 0.144. The summed E-state index contributed by atoms with van der Waals surface area (Å²) in [5.41, 5.74) is 8.49. The average molecular weight is 589 g/mol. The molecule has 4 aromatic carbocycles. The zero-order valence-electron chi connectivity index (χ0n) is 24.6. The van der Waals surface area contributed by atoms with Crippen molar-refractivity contribution in [2.45, 2.75) is 26.7 Å². The van der Waals surface area contributed by atoms with E-state index < -0.39 is 0 Å². The van der Waals surface area contributed by atoms with Crippen LogP contribution in [0.1, 0.15) is 33.4 Å². The van der Waals surface area contributed by atoms with Crippen LogP contribution in [0.25, 0.3) is 0 Å². The summed E-state index contributed by atoms with van der Waals surface area (Å²) in [6.45, 7) is 3.97. The van der Waals surface area contributed by atoms with E-state index in [9.17, 15) is 19.2 Å². The molecule has 0 bridgehead atoms. The highest BCUT2D eigenvalue weighted by atomic mass is 16.5. The molecule has 0 saturated heterocycles. The van der Waals surface area contributed by atoms with Crippen molar-refractivity contribution >= 4 is 47.1 Å². The zero-order chi connectivity index (χ0) is 31.9. The number of hydrogen-bond acceptors (Lipinski definition) is 10. The van der Waals surface area contributed by atoms with E-state index in [0.29, 0.717) is 40.7 Å². The number of isocyanates is 4. The average Bonchev–Trinajstić information content (AvgIpc) is 3.02. The van der Waals surface area contributed by atoms with E-state index in [1.165, 1.54) is 26.4 Å². The van der Waals surface area contributed by atoms with Gasteiger partial charge in [0.05, 0.1) is 25.6 Å². The number of hydrogen-bond donors (Lipinski definition) is 0. The lowest BCUT2D eigenvalue weighted by Gasteiger charge is -2.09. The van der Waals surface area contributed by atoms with Crippen molar-refractivity contribution < 1.29 is 28.7 Å². The minimum atomic E-state index is 0.430. The minimum Gasteiger partial charge on any atom is -0.494 e. The Morgan fingerprint density at radius 1 is 0.523 bits per heavy atom. The van der Waals surface area contributed by atoms with Gasteiger partial charge >= 0.3 is 0 Å². The van der Waals surface area contributed by atoms with Crippen molar-refractivity contribution in [1.82, 2.24) is 0 Å². The topological polar surface area (TPSA) is 136 Å². The van der Waals surface area contributed by atoms with E-state index in [0.717, 1.165) is 39.8 Å². The van der Waals surface area contributed by atoms with Gasteiger partial charge < -0.3 is 9.47 Å². The monoisotopic (exact) mass is 588 g/mol. The van der Waals surface area contributed by atoms with Crippen molar-refractivity contribution in [2.24, 2.45) is 20.0 Å². The van der Waals surface area contributed by atoms with Gasteiger partial charge in [0.2, 0.25) is 24.3 Å². The molecule has 4 aromatic rings. The molecule has 0 N–H and O–H groups in total. The second kappa shape index (κ2) is 16.4. The van der Waals surface area contributed by atoms with Gasteiger partial charge in [-0.05, 0) is 109 Å². The summed E-state index contributed by atoms with van der Waals surface area (Å²) < 4.78 is 10.4. The number of nitrogens with zero attached hydrogens (tertiary/aromatic N) is 4. The first-order chi connectivity index (χ1) is 21.3. The standard InChI is InChI=1S/C17H14N2O4.C17H14N2O2/c1-22-16-8-12(3-5-14(16)18-10-20)7-13-4-6-15(19-11-21)17(9-13)23-2;1-12-7-16(18-10-20)5-3-14(12)9-15-4-6-17(19-11-21)8-13(15)2/h3-6,8-9H,7H2,1-2H3;3-8H,9H2,1-2H3. The highest BCUT2D eigenvalue weighted by Gasteiger charge is 2.08. The van der Waals surface area contributed by atoms with Gasteiger partial charge in [0.15, 0.2) is 0 Å². The molecular formula is C34H28N4O6. The fourth-order valence-corrected chi connectivity index (χ4v) is 4.39. The van der Waals surface area contributed by atoms with Crippen LogP contribution in [-0.2, 0) is 32.0 Å². The number of methoxy groups -OCH3 is 2. The van der Waals surface area contributed by atoms with Crippen molar-refractivity contribution in [3.8, 4) is 11.5 Å². The molecule has 0 spiro atoms. The Hall–Kier alpha value is -6.00. The first-order valence-electron chi connectivity index (χ1n) is 13.2. The summed E-state index contributed by atoms with van der Waals surface area (Å²) in [4.78, 5) is 55.7. The van der Waals surface area contributed by atoms with Crippen LogP contribution in [-0.4, -0.2) is 38.5 Å². The lowest BCUT2D eigenvalue weighted by molar-refractivity contribution is 0.415. The van der Waals surface area contributed by atoms with Crippen LogP contribution in [0.2, 0.25) is 0 Å². The Balaban J connectivity index is 0.000000241. The third kappa shape index (κ3) is 9.00. The van der Waals surface area contributed by atoms with Gasteiger partial charge in [-0.2, -0.15) is 20.0 Å². The molecule has 10 nitrogen and oxygen atoms in total. The van der Waals surface area contributed by atoms with Crippen molar-refractivity contribution in [3.05, 3.63) is 106 Å². The van der Waals surface area contributed by atoms with Gasteiger partial charge in [0.25, 0.3) is 0 Å².